The molecule has 2 amide bonds. The molecule has 0 saturated heterocycles. The van der Waals surface area contributed by atoms with Gasteiger partial charge in [-0.3, -0.25) is 9.59 Å². The van der Waals surface area contributed by atoms with E-state index in [-0.39, 0.29) is 24.5 Å². The molecule has 26 heavy (non-hydrogen) atoms. The van der Waals surface area contributed by atoms with Gasteiger partial charge in [0.25, 0.3) is 0 Å². The Labute approximate surface area is 153 Å². The topological polar surface area (TPSA) is 67.9 Å². The first-order valence-electron chi connectivity index (χ1n) is 8.37. The van der Waals surface area contributed by atoms with Crippen molar-refractivity contribution in [2.45, 2.75) is 26.9 Å². The van der Waals surface area contributed by atoms with Gasteiger partial charge in [0.15, 0.2) is 0 Å². The highest BCUT2D eigenvalue weighted by molar-refractivity contribution is 6.01. The standard InChI is InChI=1S/C20H24N2O4/c1-14(2)26-18-10-8-17(9-11-18)22(15(3)23)13-20(24)21-16-6-5-7-19(12-16)25-4/h5-12,14H,13H2,1-4H3,(H,21,24). The molecule has 0 bridgehead atoms. The normalized spacial score (nSPS) is 10.3. The lowest BCUT2D eigenvalue weighted by Crippen LogP contribution is -2.36. The number of rotatable bonds is 7. The van der Waals surface area contributed by atoms with Gasteiger partial charge in [-0.05, 0) is 50.2 Å². The van der Waals surface area contributed by atoms with Crippen LogP contribution >= 0.6 is 0 Å². The molecule has 0 aliphatic heterocycles. The van der Waals surface area contributed by atoms with E-state index < -0.39 is 0 Å². The van der Waals surface area contributed by atoms with Gasteiger partial charge in [-0.15, -0.1) is 0 Å². The molecule has 2 aromatic carbocycles. The second-order valence-corrected chi connectivity index (χ2v) is 6.05. The molecule has 0 aliphatic rings. The number of nitrogens with one attached hydrogen (secondary N) is 1. The quantitative estimate of drug-likeness (QED) is 0.825. The molecule has 2 aromatic rings. The molecule has 0 radical (unpaired) electrons. The van der Waals surface area contributed by atoms with Crippen LogP contribution in [0.25, 0.3) is 0 Å². The van der Waals surface area contributed by atoms with Crippen LogP contribution in [-0.4, -0.2) is 31.6 Å². The predicted molar refractivity (Wildman–Crippen MR) is 102 cm³/mol. The Kier molecular flexibility index (Phi) is 6.60. The van der Waals surface area contributed by atoms with Gasteiger partial charge in [0.05, 0.1) is 13.2 Å². The monoisotopic (exact) mass is 356 g/mol. The molecular weight excluding hydrogens is 332 g/mol. The zero-order valence-corrected chi connectivity index (χ0v) is 15.5. The lowest BCUT2D eigenvalue weighted by Gasteiger charge is -2.21. The molecule has 0 aliphatic carbocycles. The summed E-state index contributed by atoms with van der Waals surface area (Å²) in [4.78, 5) is 25.7. The number of hydrogen-bond donors (Lipinski definition) is 1. The number of methoxy groups -OCH3 is 1. The molecule has 0 aromatic heterocycles. The van der Waals surface area contributed by atoms with Crippen LogP contribution in [-0.2, 0) is 9.59 Å². The predicted octanol–water partition coefficient (Wildman–Crippen LogP) is 3.47. The smallest absolute Gasteiger partial charge is 0.244 e. The summed E-state index contributed by atoms with van der Waals surface area (Å²) in [7, 11) is 1.56. The van der Waals surface area contributed by atoms with E-state index in [2.05, 4.69) is 5.32 Å². The fourth-order valence-electron chi connectivity index (χ4n) is 2.41. The number of ether oxygens (including phenoxy) is 2. The lowest BCUT2D eigenvalue weighted by atomic mass is 10.2. The molecule has 0 heterocycles. The maximum Gasteiger partial charge on any atom is 0.244 e. The third kappa shape index (κ3) is 5.51. The SMILES string of the molecule is COc1cccc(NC(=O)CN(C(C)=O)c2ccc(OC(C)C)cc2)c1. The third-order valence-electron chi connectivity index (χ3n) is 3.56. The van der Waals surface area contributed by atoms with Crippen molar-refractivity contribution < 1.29 is 19.1 Å². The fraction of sp³-hybridized carbons (Fsp3) is 0.300. The van der Waals surface area contributed by atoms with Crippen molar-refractivity contribution in [1.29, 1.82) is 0 Å². The molecule has 6 heteroatoms. The Hall–Kier alpha value is -3.02. The van der Waals surface area contributed by atoms with E-state index >= 15 is 0 Å². The first-order chi connectivity index (χ1) is 12.4. The largest absolute Gasteiger partial charge is 0.497 e. The van der Waals surface area contributed by atoms with Gasteiger partial charge < -0.3 is 19.7 Å². The zero-order valence-electron chi connectivity index (χ0n) is 15.5. The Bertz CT molecular complexity index is 757. The van der Waals surface area contributed by atoms with E-state index in [9.17, 15) is 9.59 Å². The van der Waals surface area contributed by atoms with E-state index in [1.165, 1.54) is 11.8 Å². The summed E-state index contributed by atoms with van der Waals surface area (Å²) in [5.41, 5.74) is 1.24. The maximum absolute atomic E-state index is 12.3. The Balaban J connectivity index is 2.07. The van der Waals surface area contributed by atoms with Gasteiger partial charge in [-0.2, -0.15) is 0 Å². The van der Waals surface area contributed by atoms with Gasteiger partial charge in [-0.1, -0.05) is 6.07 Å². The summed E-state index contributed by atoms with van der Waals surface area (Å²) in [6.45, 7) is 5.23. The molecule has 138 valence electrons. The van der Waals surface area contributed by atoms with Crippen LogP contribution in [0.2, 0.25) is 0 Å². The van der Waals surface area contributed by atoms with E-state index in [0.29, 0.717) is 22.9 Å². The van der Waals surface area contributed by atoms with Crippen molar-refractivity contribution in [2.24, 2.45) is 0 Å². The van der Waals surface area contributed by atoms with Crippen molar-refractivity contribution in [1.82, 2.24) is 0 Å². The van der Waals surface area contributed by atoms with Gasteiger partial charge in [0, 0.05) is 24.4 Å². The average Bonchev–Trinajstić information content (AvgIpc) is 2.60. The Morgan fingerprint density at radius 1 is 1.08 bits per heavy atom. The molecule has 6 nitrogen and oxygen atoms in total. The summed E-state index contributed by atoms with van der Waals surface area (Å²) in [5, 5.41) is 2.77. The van der Waals surface area contributed by atoms with E-state index in [4.69, 9.17) is 9.47 Å². The number of hydrogen-bond acceptors (Lipinski definition) is 4. The molecule has 0 spiro atoms. The number of carbonyl (C=O) groups excluding carboxylic acids is 2. The van der Waals surface area contributed by atoms with Crippen molar-refractivity contribution in [3.63, 3.8) is 0 Å². The van der Waals surface area contributed by atoms with Crippen LogP contribution in [0.15, 0.2) is 48.5 Å². The number of anilines is 2. The Morgan fingerprint density at radius 2 is 1.77 bits per heavy atom. The molecule has 1 N–H and O–H groups in total. The minimum atomic E-state index is -0.295. The van der Waals surface area contributed by atoms with E-state index in [1.807, 2.05) is 13.8 Å². The van der Waals surface area contributed by atoms with Crippen LogP contribution in [0.3, 0.4) is 0 Å². The summed E-state index contributed by atoms with van der Waals surface area (Å²) < 4.78 is 10.7. The molecule has 0 unspecified atom stereocenters. The summed E-state index contributed by atoms with van der Waals surface area (Å²) in [6.07, 6.45) is 0.0680. The lowest BCUT2D eigenvalue weighted by molar-refractivity contribution is -0.120. The van der Waals surface area contributed by atoms with Crippen molar-refractivity contribution in [3.8, 4) is 11.5 Å². The van der Waals surface area contributed by atoms with Crippen molar-refractivity contribution in [3.05, 3.63) is 48.5 Å². The molecule has 0 atom stereocenters. The molecule has 2 rings (SSSR count). The number of benzene rings is 2. The van der Waals surface area contributed by atoms with Crippen LogP contribution in [0.1, 0.15) is 20.8 Å². The second-order valence-electron chi connectivity index (χ2n) is 6.05. The van der Waals surface area contributed by atoms with E-state index in [1.54, 1.807) is 55.6 Å². The number of carbonyl (C=O) groups is 2. The second kappa shape index (κ2) is 8.89. The van der Waals surface area contributed by atoms with Gasteiger partial charge in [0.1, 0.15) is 18.0 Å². The number of amides is 2. The highest BCUT2D eigenvalue weighted by atomic mass is 16.5. The van der Waals surface area contributed by atoms with Crippen LogP contribution in [0.4, 0.5) is 11.4 Å². The minimum absolute atomic E-state index is 0.0680. The van der Waals surface area contributed by atoms with Crippen LogP contribution in [0.5, 0.6) is 11.5 Å². The molecule has 0 fully saturated rings. The zero-order chi connectivity index (χ0) is 19.1. The summed E-state index contributed by atoms with van der Waals surface area (Å²) in [5.74, 6) is 0.847. The Morgan fingerprint density at radius 3 is 2.35 bits per heavy atom. The van der Waals surface area contributed by atoms with E-state index in [0.717, 1.165) is 0 Å². The van der Waals surface area contributed by atoms with Crippen LogP contribution < -0.4 is 19.7 Å². The first-order valence-corrected chi connectivity index (χ1v) is 8.37. The minimum Gasteiger partial charge on any atom is -0.497 e. The summed E-state index contributed by atoms with van der Waals surface area (Å²) >= 11 is 0. The summed E-state index contributed by atoms with van der Waals surface area (Å²) in [6, 6.07) is 14.1. The maximum atomic E-state index is 12.3. The molecule has 0 saturated carbocycles. The first kappa shape index (κ1) is 19.3. The van der Waals surface area contributed by atoms with Crippen LogP contribution in [0, 0.1) is 0 Å². The van der Waals surface area contributed by atoms with Crippen molar-refractivity contribution in [2.75, 3.05) is 23.9 Å². The van der Waals surface area contributed by atoms with Gasteiger partial charge in [-0.25, -0.2) is 0 Å². The average molecular weight is 356 g/mol. The third-order valence-corrected chi connectivity index (χ3v) is 3.56. The highest BCUT2D eigenvalue weighted by Crippen LogP contribution is 2.21. The van der Waals surface area contributed by atoms with Gasteiger partial charge >= 0.3 is 0 Å². The van der Waals surface area contributed by atoms with Crippen molar-refractivity contribution >= 4 is 23.2 Å². The molecular formula is C20H24N2O4. The van der Waals surface area contributed by atoms with Gasteiger partial charge in [0.2, 0.25) is 11.8 Å². The fourth-order valence-corrected chi connectivity index (χ4v) is 2.41. The highest BCUT2D eigenvalue weighted by Gasteiger charge is 2.16. The number of nitrogens with zero attached hydrogens (tertiary/aromatic N) is 1.